The van der Waals surface area contributed by atoms with E-state index in [1.54, 1.807) is 0 Å². The molecule has 20 heavy (non-hydrogen) atoms. The third kappa shape index (κ3) is 2.73. The first-order chi connectivity index (χ1) is 9.24. The monoisotopic (exact) mass is 281 g/mol. The van der Waals surface area contributed by atoms with Crippen LogP contribution in [-0.2, 0) is 17.7 Å². The van der Waals surface area contributed by atoms with Crippen molar-refractivity contribution < 1.29 is 20.5 Å². The molecule has 2 rings (SSSR count). The van der Waals surface area contributed by atoms with Crippen LogP contribution in [0.5, 0.6) is 0 Å². The number of aliphatic hydroxyl groups excluding tert-OH is 1. The van der Waals surface area contributed by atoms with Crippen molar-refractivity contribution in [3.05, 3.63) is 39.1 Å². The van der Waals surface area contributed by atoms with Gasteiger partial charge in [0, 0.05) is 6.42 Å². The number of aliphatic hydroxyl groups is 1. The maximum absolute atomic E-state index is 10.4. The average Bonchev–Trinajstić information content (AvgIpc) is 2.56. The van der Waals surface area contributed by atoms with Gasteiger partial charge in [-0.2, -0.15) is 10.0 Å². The van der Waals surface area contributed by atoms with Gasteiger partial charge in [0.1, 0.15) is 6.61 Å². The fraction of sp³-hybridized carbons (Fsp3) is 0.600. The predicted octanol–water partition coefficient (Wildman–Crippen LogP) is 1.17. The first-order valence-corrected chi connectivity index (χ1v) is 6.89. The van der Waals surface area contributed by atoms with Gasteiger partial charge in [-0.3, -0.25) is 0 Å². The number of benzene rings is 1. The Morgan fingerprint density at radius 1 is 1.45 bits per heavy atom. The summed E-state index contributed by atoms with van der Waals surface area (Å²) in [5.41, 5.74) is 5.47. The summed E-state index contributed by atoms with van der Waals surface area (Å²) in [6.45, 7) is 8.36. The molecule has 1 aliphatic carbocycles. The van der Waals surface area contributed by atoms with Gasteiger partial charge >= 0.3 is 0 Å². The second-order valence-corrected chi connectivity index (χ2v) is 6.30. The molecular formula is C15H23NO4. The molecule has 1 aromatic rings. The fourth-order valence-corrected chi connectivity index (χ4v) is 3.18. The number of hydrogen-bond acceptors (Lipinski definition) is 4. The van der Waals surface area contributed by atoms with Crippen LogP contribution in [0.3, 0.4) is 0 Å². The Hall–Kier alpha value is -0.980. The summed E-state index contributed by atoms with van der Waals surface area (Å²) in [6.07, 6.45) is 0.995. The summed E-state index contributed by atoms with van der Waals surface area (Å²) in [5, 5.41) is 28.1. The van der Waals surface area contributed by atoms with Gasteiger partial charge in [-0.25, -0.2) is 0 Å². The van der Waals surface area contributed by atoms with Crippen LogP contribution in [0.15, 0.2) is 6.07 Å². The molecule has 1 aromatic carbocycles. The van der Waals surface area contributed by atoms with E-state index in [0.29, 0.717) is 6.42 Å². The predicted molar refractivity (Wildman–Crippen MR) is 74.1 cm³/mol. The molecule has 3 N–H and O–H groups in total. The van der Waals surface area contributed by atoms with Crippen molar-refractivity contribution in [1.82, 2.24) is 0 Å². The lowest BCUT2D eigenvalue weighted by atomic mass is 9.87. The van der Waals surface area contributed by atoms with E-state index in [-0.39, 0.29) is 12.0 Å². The van der Waals surface area contributed by atoms with Gasteiger partial charge in [0.25, 0.3) is 0 Å². The zero-order valence-corrected chi connectivity index (χ0v) is 12.5. The van der Waals surface area contributed by atoms with Gasteiger partial charge in [0.15, 0.2) is 0 Å². The van der Waals surface area contributed by atoms with E-state index in [1.165, 1.54) is 11.1 Å². The van der Waals surface area contributed by atoms with Crippen molar-refractivity contribution in [3.8, 4) is 0 Å². The topological polar surface area (TPSA) is 77.2 Å². The highest BCUT2D eigenvalue weighted by molar-refractivity contribution is 5.49. The van der Waals surface area contributed by atoms with Crippen LogP contribution in [0, 0.1) is 24.5 Å². The van der Waals surface area contributed by atoms with Crippen LogP contribution in [0.4, 0.5) is 0 Å². The highest BCUT2D eigenvalue weighted by atomic mass is 17.1. The van der Waals surface area contributed by atoms with E-state index in [4.69, 9.17) is 5.21 Å². The first kappa shape index (κ1) is 15.4. The molecule has 0 aliphatic heterocycles. The van der Waals surface area contributed by atoms with Gasteiger partial charge in [-0.05, 0) is 53.5 Å². The molecule has 0 aromatic heterocycles. The van der Waals surface area contributed by atoms with Crippen molar-refractivity contribution in [3.63, 3.8) is 0 Å². The summed E-state index contributed by atoms with van der Waals surface area (Å²) >= 11 is 0. The lowest BCUT2D eigenvalue weighted by Crippen LogP contribution is -3.03. The van der Waals surface area contributed by atoms with Gasteiger partial charge in [-0.15, -0.1) is 0 Å². The molecule has 0 amide bonds. The van der Waals surface area contributed by atoms with Crippen LogP contribution in [-0.4, -0.2) is 16.9 Å². The summed E-state index contributed by atoms with van der Waals surface area (Å²) in [6, 6.07) is 2.04. The number of aryl methyl sites for hydroxylation is 1. The maximum Gasteiger partial charge on any atom is 0.115 e. The van der Waals surface area contributed by atoms with Crippen LogP contribution in [0.25, 0.3) is 0 Å². The molecule has 0 bridgehead atoms. The van der Waals surface area contributed by atoms with Crippen LogP contribution >= 0.6 is 0 Å². The zero-order valence-electron chi connectivity index (χ0n) is 12.5. The van der Waals surface area contributed by atoms with Gasteiger partial charge < -0.3 is 10.3 Å². The van der Waals surface area contributed by atoms with E-state index >= 15 is 0 Å². The molecule has 0 saturated heterocycles. The molecule has 1 aliphatic rings. The first-order valence-electron chi connectivity index (χ1n) is 6.89. The Balaban J connectivity index is 2.30. The summed E-state index contributed by atoms with van der Waals surface area (Å²) < 4.78 is 0. The summed E-state index contributed by atoms with van der Waals surface area (Å²) in [7, 11) is 0. The highest BCUT2D eigenvalue weighted by Crippen LogP contribution is 2.47. The van der Waals surface area contributed by atoms with E-state index in [2.05, 4.69) is 25.6 Å². The van der Waals surface area contributed by atoms with Crippen LogP contribution < -0.4 is 5.39 Å². The minimum absolute atomic E-state index is 0.143. The van der Waals surface area contributed by atoms with E-state index < -0.39 is 11.5 Å². The molecule has 5 heteroatoms. The average molecular weight is 281 g/mol. The number of fused-ring (bicyclic) bond motifs is 1. The minimum Gasteiger partial charge on any atom is -0.566 e. The van der Waals surface area contributed by atoms with Crippen LogP contribution in [0.2, 0.25) is 0 Å². The van der Waals surface area contributed by atoms with Crippen molar-refractivity contribution in [2.75, 3.05) is 6.61 Å². The largest absolute Gasteiger partial charge is 0.566 e. The molecule has 0 saturated carbocycles. The molecule has 5 nitrogen and oxygen atoms in total. The van der Waals surface area contributed by atoms with Crippen LogP contribution in [0.1, 0.15) is 47.8 Å². The van der Waals surface area contributed by atoms with E-state index in [9.17, 15) is 10.3 Å². The van der Waals surface area contributed by atoms with Crippen molar-refractivity contribution in [2.24, 2.45) is 5.41 Å². The van der Waals surface area contributed by atoms with E-state index in [0.717, 1.165) is 23.1 Å². The van der Waals surface area contributed by atoms with Crippen molar-refractivity contribution in [2.45, 2.75) is 46.6 Å². The number of quaternary nitrogens is 1. The van der Waals surface area contributed by atoms with Crippen molar-refractivity contribution in [1.29, 1.82) is 0 Å². The molecule has 2 atom stereocenters. The summed E-state index contributed by atoms with van der Waals surface area (Å²) in [4.78, 5) is 4.60. The third-order valence-electron chi connectivity index (χ3n) is 4.35. The number of nitrogens with one attached hydrogen (secondary N) is 1. The fourth-order valence-electron chi connectivity index (χ4n) is 3.18. The SMILES string of the molecule is Cc1cc2c(c(C)c1CCO[NH+]([O-])O)CC(C)(C)C2O. The Bertz CT molecular complexity index is 511. The molecular weight excluding hydrogens is 258 g/mol. The normalized spacial score (nSPS) is 21.9. The molecule has 0 heterocycles. The molecule has 112 valence electrons. The second kappa shape index (κ2) is 5.42. The maximum atomic E-state index is 10.4. The number of rotatable bonds is 4. The lowest BCUT2D eigenvalue weighted by molar-refractivity contribution is -1.21. The molecule has 0 radical (unpaired) electrons. The van der Waals surface area contributed by atoms with E-state index in [1.807, 2.05) is 13.0 Å². The molecule has 2 unspecified atom stereocenters. The zero-order chi connectivity index (χ0) is 15.1. The quantitative estimate of drug-likeness (QED) is 0.724. The van der Waals surface area contributed by atoms with Gasteiger partial charge in [0.05, 0.1) is 6.10 Å². The Morgan fingerprint density at radius 2 is 2.10 bits per heavy atom. The summed E-state index contributed by atoms with van der Waals surface area (Å²) in [5.74, 6) is 0. The Labute approximate surface area is 119 Å². The minimum atomic E-state index is -1.24. The highest BCUT2D eigenvalue weighted by Gasteiger charge is 2.39. The Morgan fingerprint density at radius 3 is 2.70 bits per heavy atom. The van der Waals surface area contributed by atoms with Gasteiger partial charge in [-0.1, -0.05) is 25.3 Å². The standard InChI is InChI=1S/C15H23NO4/c1-9-7-12-13(8-15(3,4)14(12)17)10(2)11(9)5-6-20-16(18)19/h7,14,16-18H,5-6,8H2,1-4H3. The molecule has 0 fully saturated rings. The second-order valence-electron chi connectivity index (χ2n) is 6.30. The number of hydrogen-bond donors (Lipinski definition) is 3. The lowest BCUT2D eigenvalue weighted by Gasteiger charge is -2.22. The smallest absolute Gasteiger partial charge is 0.115 e. The van der Waals surface area contributed by atoms with Gasteiger partial charge in [0.2, 0.25) is 0 Å². The Kier molecular flexibility index (Phi) is 4.18. The third-order valence-corrected chi connectivity index (χ3v) is 4.35. The van der Waals surface area contributed by atoms with Crippen molar-refractivity contribution >= 4 is 0 Å². The molecule has 0 spiro atoms.